The van der Waals surface area contributed by atoms with Gasteiger partial charge in [-0.3, -0.25) is 19.5 Å². The fourth-order valence-corrected chi connectivity index (χ4v) is 4.67. The number of aromatic nitrogens is 1. The first-order chi connectivity index (χ1) is 14.4. The van der Waals surface area contributed by atoms with Gasteiger partial charge in [0.2, 0.25) is 5.91 Å². The highest BCUT2D eigenvalue weighted by atomic mass is 32.2. The number of hydrogen-bond acceptors (Lipinski definition) is 6. The number of fused-ring (bicyclic) bond motifs is 2. The highest BCUT2D eigenvalue weighted by Gasteiger charge is 2.23. The molecule has 0 saturated heterocycles. The molecule has 2 aromatic carbocycles. The van der Waals surface area contributed by atoms with Crippen LogP contribution in [0.5, 0.6) is 0 Å². The number of carbonyl (C=O) groups excluding carboxylic acids is 1. The lowest BCUT2D eigenvalue weighted by atomic mass is 10.0. The smallest absolute Gasteiger partial charge is 0.407 e. The zero-order valence-electron chi connectivity index (χ0n) is 15.8. The normalized spacial score (nSPS) is 15.7. The summed E-state index contributed by atoms with van der Waals surface area (Å²) >= 11 is 1.64. The summed E-state index contributed by atoms with van der Waals surface area (Å²) in [4.78, 5) is 35.7. The summed E-state index contributed by atoms with van der Waals surface area (Å²) in [6, 6.07) is 8.34. The molecule has 1 N–H and O–H groups in total. The minimum absolute atomic E-state index is 0.136. The van der Waals surface area contributed by atoms with Gasteiger partial charge in [0.15, 0.2) is 5.58 Å². The predicted molar refractivity (Wildman–Crippen MR) is 109 cm³/mol. The highest BCUT2D eigenvalue weighted by Crippen LogP contribution is 2.36. The molecule has 0 spiro atoms. The molecule has 1 unspecified atom stereocenters. The maximum Gasteiger partial charge on any atom is 0.419 e. The molecule has 0 saturated carbocycles. The van der Waals surface area contributed by atoms with E-state index >= 15 is 0 Å². The number of aryl methyl sites for hydroxylation is 1. The molecule has 4 rings (SSSR count). The molecule has 1 aliphatic rings. The summed E-state index contributed by atoms with van der Waals surface area (Å²) in [5.41, 5.74) is 1.21. The van der Waals surface area contributed by atoms with Gasteiger partial charge in [-0.15, -0.1) is 11.8 Å². The van der Waals surface area contributed by atoms with Gasteiger partial charge < -0.3 is 9.73 Å². The van der Waals surface area contributed by atoms with Crippen LogP contribution in [-0.4, -0.2) is 21.2 Å². The average molecular weight is 431 g/mol. The standard InChI is InChI=1S/C20H18FN3O5S/c21-12-3-6-18-14(10-12)15(7-9-30-18)22-19(25)2-1-8-23-16-5-4-13(24(27)28)11-17(16)29-20(23)26/h3-6,10-11,15H,1-2,7-9H2,(H,22,25). The van der Waals surface area contributed by atoms with Crippen molar-refractivity contribution in [1.82, 2.24) is 9.88 Å². The first-order valence-electron chi connectivity index (χ1n) is 9.42. The molecule has 10 heteroatoms. The molecular weight excluding hydrogens is 413 g/mol. The van der Waals surface area contributed by atoms with Crippen LogP contribution in [-0.2, 0) is 11.3 Å². The van der Waals surface area contributed by atoms with E-state index < -0.39 is 10.7 Å². The number of oxazole rings is 1. The molecule has 0 fully saturated rings. The summed E-state index contributed by atoms with van der Waals surface area (Å²) in [7, 11) is 0. The van der Waals surface area contributed by atoms with Crippen molar-refractivity contribution in [2.24, 2.45) is 0 Å². The van der Waals surface area contributed by atoms with E-state index in [-0.39, 0.29) is 42.0 Å². The van der Waals surface area contributed by atoms with Gasteiger partial charge in [0.05, 0.1) is 22.5 Å². The Morgan fingerprint density at radius 3 is 2.97 bits per heavy atom. The van der Waals surface area contributed by atoms with Gasteiger partial charge in [-0.1, -0.05) is 0 Å². The number of nitrogens with one attached hydrogen (secondary N) is 1. The van der Waals surface area contributed by atoms with Gasteiger partial charge >= 0.3 is 5.76 Å². The molecule has 30 heavy (non-hydrogen) atoms. The Morgan fingerprint density at radius 2 is 2.17 bits per heavy atom. The van der Waals surface area contributed by atoms with Crippen LogP contribution >= 0.6 is 11.8 Å². The van der Waals surface area contributed by atoms with Crippen molar-refractivity contribution in [1.29, 1.82) is 0 Å². The number of non-ortho nitro benzene ring substituents is 1. The van der Waals surface area contributed by atoms with E-state index in [4.69, 9.17) is 4.42 Å². The van der Waals surface area contributed by atoms with Gasteiger partial charge in [0, 0.05) is 29.7 Å². The molecule has 1 aromatic heterocycles. The molecule has 156 valence electrons. The Labute approximate surface area is 174 Å². The summed E-state index contributed by atoms with van der Waals surface area (Å²) < 4.78 is 20.0. The van der Waals surface area contributed by atoms with E-state index in [0.29, 0.717) is 11.9 Å². The van der Waals surface area contributed by atoms with Gasteiger partial charge in [-0.2, -0.15) is 0 Å². The SMILES string of the molecule is O=C(CCCn1c(=O)oc2cc([N+](=O)[O-])ccc21)NC1CCSc2ccc(F)cc21. The first-order valence-corrected chi connectivity index (χ1v) is 10.4. The molecule has 1 amide bonds. The van der Waals surface area contributed by atoms with Crippen LogP contribution in [0.25, 0.3) is 11.1 Å². The van der Waals surface area contributed by atoms with E-state index in [1.807, 2.05) is 0 Å². The largest absolute Gasteiger partial charge is 0.419 e. The molecule has 0 aliphatic carbocycles. The van der Waals surface area contributed by atoms with Crippen LogP contribution in [0.2, 0.25) is 0 Å². The lowest BCUT2D eigenvalue weighted by molar-refractivity contribution is -0.384. The van der Waals surface area contributed by atoms with Crippen molar-refractivity contribution in [2.75, 3.05) is 5.75 Å². The van der Waals surface area contributed by atoms with Crippen molar-refractivity contribution >= 4 is 34.5 Å². The van der Waals surface area contributed by atoms with E-state index in [1.165, 1.54) is 34.9 Å². The van der Waals surface area contributed by atoms with Gasteiger partial charge in [-0.25, -0.2) is 9.18 Å². The highest BCUT2D eigenvalue weighted by molar-refractivity contribution is 7.99. The molecule has 8 nitrogen and oxygen atoms in total. The zero-order chi connectivity index (χ0) is 21.3. The monoisotopic (exact) mass is 431 g/mol. The minimum atomic E-state index is -0.625. The number of nitro groups is 1. The number of hydrogen-bond donors (Lipinski definition) is 1. The Balaban J connectivity index is 1.39. The van der Waals surface area contributed by atoms with Crippen LogP contribution in [0, 0.1) is 15.9 Å². The van der Waals surface area contributed by atoms with E-state index in [2.05, 4.69) is 5.32 Å². The second-order valence-corrected chi connectivity index (χ2v) is 8.11. The van der Waals surface area contributed by atoms with E-state index in [1.54, 1.807) is 17.8 Å². The summed E-state index contributed by atoms with van der Waals surface area (Å²) in [5, 5.41) is 13.8. The van der Waals surface area contributed by atoms with Crippen molar-refractivity contribution in [3.63, 3.8) is 0 Å². The first kappa shape index (κ1) is 20.1. The number of nitrogens with zero attached hydrogens (tertiary/aromatic N) is 2. The van der Waals surface area contributed by atoms with Crippen LogP contribution in [0.1, 0.15) is 30.9 Å². The van der Waals surface area contributed by atoms with Gasteiger partial charge in [0.25, 0.3) is 5.69 Å². The third kappa shape index (κ3) is 4.09. The van der Waals surface area contributed by atoms with Crippen LogP contribution in [0.4, 0.5) is 10.1 Å². The Bertz CT molecular complexity index is 1190. The molecule has 1 atom stereocenters. The number of benzene rings is 2. The average Bonchev–Trinajstić information content (AvgIpc) is 3.03. The van der Waals surface area contributed by atoms with Crippen molar-refractivity contribution in [3.8, 4) is 0 Å². The minimum Gasteiger partial charge on any atom is -0.407 e. The fourth-order valence-electron chi connectivity index (χ4n) is 3.56. The maximum absolute atomic E-state index is 13.6. The van der Waals surface area contributed by atoms with Crippen LogP contribution in [0.15, 0.2) is 50.5 Å². The number of carbonyl (C=O) groups is 1. The fraction of sp³-hybridized carbons (Fsp3) is 0.300. The lowest BCUT2D eigenvalue weighted by Gasteiger charge is -2.26. The quantitative estimate of drug-likeness (QED) is 0.470. The summed E-state index contributed by atoms with van der Waals surface area (Å²) in [6.07, 6.45) is 1.28. The molecule has 2 heterocycles. The topological polar surface area (TPSA) is 107 Å². The third-order valence-corrected chi connectivity index (χ3v) is 6.12. The van der Waals surface area contributed by atoms with Crippen molar-refractivity contribution in [3.05, 3.63) is 68.4 Å². The van der Waals surface area contributed by atoms with Crippen molar-refractivity contribution < 1.29 is 18.5 Å². The van der Waals surface area contributed by atoms with E-state index in [0.717, 1.165) is 22.6 Å². The Hall–Kier alpha value is -3.14. The third-order valence-electron chi connectivity index (χ3n) is 4.99. The Kier molecular flexibility index (Phi) is 5.58. The predicted octanol–water partition coefficient (Wildman–Crippen LogP) is 3.78. The molecule has 0 radical (unpaired) electrons. The number of thioether (sulfide) groups is 1. The second-order valence-electron chi connectivity index (χ2n) is 6.97. The lowest BCUT2D eigenvalue weighted by Crippen LogP contribution is -2.30. The Morgan fingerprint density at radius 1 is 1.33 bits per heavy atom. The number of halogens is 1. The van der Waals surface area contributed by atoms with Crippen molar-refractivity contribution in [2.45, 2.75) is 36.7 Å². The number of nitro benzene ring substituents is 1. The molecule has 0 bridgehead atoms. The summed E-state index contributed by atoms with van der Waals surface area (Å²) in [6.45, 7) is 0.239. The number of rotatable bonds is 6. The molecule has 3 aromatic rings. The van der Waals surface area contributed by atoms with E-state index in [9.17, 15) is 24.1 Å². The van der Waals surface area contributed by atoms with Gasteiger partial charge in [0.1, 0.15) is 5.82 Å². The number of amides is 1. The van der Waals surface area contributed by atoms with Crippen LogP contribution < -0.4 is 11.1 Å². The van der Waals surface area contributed by atoms with Crippen LogP contribution in [0.3, 0.4) is 0 Å². The molecule has 1 aliphatic heterocycles. The van der Waals surface area contributed by atoms with Gasteiger partial charge in [-0.05, 0) is 42.7 Å². The molecular formula is C20H18FN3O5S. The zero-order valence-corrected chi connectivity index (χ0v) is 16.6. The summed E-state index contributed by atoms with van der Waals surface area (Å²) in [5.74, 6) is -0.299. The maximum atomic E-state index is 13.6. The second kappa shape index (κ2) is 8.31.